The summed E-state index contributed by atoms with van der Waals surface area (Å²) < 4.78 is 0. The Bertz CT molecular complexity index is 1230. The van der Waals surface area contributed by atoms with Crippen LogP contribution >= 0.6 is 0 Å². The van der Waals surface area contributed by atoms with Crippen molar-refractivity contribution in [1.82, 2.24) is 9.80 Å². The first-order valence-corrected chi connectivity index (χ1v) is 16.2. The van der Waals surface area contributed by atoms with E-state index in [1.807, 2.05) is 12.4 Å². The smallest absolute Gasteiger partial charge is 0.128 e. The Kier molecular flexibility index (Phi) is 10.1. The monoisotopic (exact) mass is 588 g/mol. The van der Waals surface area contributed by atoms with Crippen LogP contribution in [0.2, 0.25) is 0 Å². The average molecular weight is 589 g/mol. The molecule has 0 spiro atoms. The van der Waals surface area contributed by atoms with Crippen LogP contribution < -0.4 is 0 Å². The van der Waals surface area contributed by atoms with E-state index in [1.165, 1.54) is 24.0 Å². The number of nitrogens with zero attached hydrogens (tertiary/aromatic N) is 4. The second-order valence-corrected chi connectivity index (χ2v) is 15.4. The molecule has 1 aliphatic carbocycles. The largest absolute Gasteiger partial charge is 0.507 e. The Balaban J connectivity index is 1.82. The fraction of sp³-hybridized carbons (Fsp3) is 0.622. The summed E-state index contributed by atoms with van der Waals surface area (Å²) in [5, 5.41) is 23.0. The fourth-order valence-electron chi connectivity index (χ4n) is 6.66. The van der Waals surface area contributed by atoms with Crippen molar-refractivity contribution in [3.8, 4) is 11.5 Å². The van der Waals surface area contributed by atoms with Gasteiger partial charge in [0.1, 0.15) is 11.5 Å². The molecule has 1 fully saturated rings. The Hall–Kier alpha value is -2.70. The first-order valence-electron chi connectivity index (χ1n) is 16.2. The minimum atomic E-state index is -0.0526. The maximum atomic E-state index is 11.5. The zero-order chi connectivity index (χ0) is 31.7. The third-order valence-corrected chi connectivity index (χ3v) is 9.45. The van der Waals surface area contributed by atoms with Gasteiger partial charge in [-0.05, 0) is 81.3 Å². The van der Waals surface area contributed by atoms with E-state index in [0.29, 0.717) is 36.7 Å². The fourth-order valence-corrected chi connectivity index (χ4v) is 6.66. The zero-order valence-electron chi connectivity index (χ0n) is 28.4. The third-order valence-electron chi connectivity index (χ3n) is 9.45. The Morgan fingerprint density at radius 3 is 1.37 bits per heavy atom. The highest BCUT2D eigenvalue weighted by molar-refractivity contribution is 5.85. The van der Waals surface area contributed by atoms with Crippen molar-refractivity contribution in [2.75, 3.05) is 14.1 Å². The van der Waals surface area contributed by atoms with E-state index in [4.69, 9.17) is 9.98 Å². The van der Waals surface area contributed by atoms with E-state index in [1.54, 1.807) is 0 Å². The van der Waals surface area contributed by atoms with E-state index in [-0.39, 0.29) is 22.9 Å². The van der Waals surface area contributed by atoms with Crippen LogP contribution in [0.5, 0.6) is 11.5 Å². The second-order valence-electron chi connectivity index (χ2n) is 15.4. The standard InChI is InChI=1S/C37H56N4O2/c1-24-15-25(2)39-21-27-17-31(37(6,7)8)19-29(35(27)43)23-41(10)33-14-12-11-13-32(33)40(9)22-28-18-30(36(3,4)5)16-26(20-38-24)34(28)42/h16-21,24-25,32-33,42-43H,11-15,22-23H2,1-10H3. The predicted octanol–water partition coefficient (Wildman–Crippen LogP) is 7.59. The van der Waals surface area contributed by atoms with Gasteiger partial charge in [-0.3, -0.25) is 19.8 Å². The van der Waals surface area contributed by atoms with Gasteiger partial charge in [-0.2, -0.15) is 0 Å². The first kappa shape index (κ1) is 33.2. The van der Waals surface area contributed by atoms with Crippen molar-refractivity contribution in [2.24, 2.45) is 9.98 Å². The maximum absolute atomic E-state index is 11.5. The van der Waals surface area contributed by atoms with Crippen molar-refractivity contribution in [3.05, 3.63) is 57.6 Å². The van der Waals surface area contributed by atoms with Gasteiger partial charge in [0.25, 0.3) is 0 Å². The molecule has 2 aliphatic rings. The summed E-state index contributed by atoms with van der Waals surface area (Å²) >= 11 is 0. The van der Waals surface area contributed by atoms with Gasteiger partial charge in [-0.25, -0.2) is 0 Å². The lowest BCUT2D eigenvalue weighted by molar-refractivity contribution is 0.0684. The average Bonchev–Trinajstić information content (AvgIpc) is 2.92. The zero-order valence-corrected chi connectivity index (χ0v) is 28.4. The van der Waals surface area contributed by atoms with Crippen molar-refractivity contribution in [3.63, 3.8) is 0 Å². The lowest BCUT2D eigenvalue weighted by Crippen LogP contribution is -2.50. The van der Waals surface area contributed by atoms with Gasteiger partial charge in [0.15, 0.2) is 0 Å². The van der Waals surface area contributed by atoms with Crippen LogP contribution in [0, 0.1) is 0 Å². The van der Waals surface area contributed by atoms with E-state index in [2.05, 4.69) is 104 Å². The minimum Gasteiger partial charge on any atom is -0.507 e. The number of fused-ring (bicyclic) bond motifs is 5. The number of benzene rings is 2. The summed E-state index contributed by atoms with van der Waals surface area (Å²) in [6.07, 6.45) is 9.10. The number of phenolic OH excluding ortho intramolecular Hbond substituents is 2. The molecule has 0 aromatic heterocycles. The Morgan fingerprint density at radius 2 is 1.02 bits per heavy atom. The van der Waals surface area contributed by atoms with Crippen LogP contribution in [0.4, 0.5) is 0 Å². The molecule has 2 N–H and O–H groups in total. The van der Waals surface area contributed by atoms with Gasteiger partial charge < -0.3 is 10.2 Å². The van der Waals surface area contributed by atoms with Gasteiger partial charge in [-0.15, -0.1) is 0 Å². The molecular formula is C37H56N4O2. The highest BCUT2D eigenvalue weighted by atomic mass is 16.3. The summed E-state index contributed by atoms with van der Waals surface area (Å²) in [4.78, 5) is 14.6. The Morgan fingerprint density at radius 1 is 0.651 bits per heavy atom. The van der Waals surface area contributed by atoms with Gasteiger partial charge in [0.05, 0.1) is 0 Å². The summed E-state index contributed by atoms with van der Waals surface area (Å²) in [6, 6.07) is 9.29. The highest BCUT2D eigenvalue weighted by Crippen LogP contribution is 2.36. The lowest BCUT2D eigenvalue weighted by atomic mass is 9.84. The van der Waals surface area contributed by atoms with Gasteiger partial charge in [0, 0.05) is 71.9 Å². The number of phenols is 2. The number of aliphatic imine (C=N–C) groups is 2. The molecular weight excluding hydrogens is 532 g/mol. The van der Waals surface area contributed by atoms with Crippen molar-refractivity contribution >= 4 is 12.4 Å². The van der Waals surface area contributed by atoms with Crippen LogP contribution in [0.1, 0.15) is 121 Å². The van der Waals surface area contributed by atoms with E-state index in [0.717, 1.165) is 41.5 Å². The van der Waals surface area contributed by atoms with E-state index < -0.39 is 0 Å². The number of hydrogen-bond acceptors (Lipinski definition) is 6. The molecule has 6 heteroatoms. The SMILES string of the molecule is CC1CC(C)N=Cc2cc(C(C)(C)C)cc(c2O)CN(C)C2CCCCC2N(C)Cc2cc(C(C)(C)C)cc(c2O)C=N1. The van der Waals surface area contributed by atoms with Crippen LogP contribution in [-0.2, 0) is 23.9 Å². The lowest BCUT2D eigenvalue weighted by Gasteiger charge is -2.43. The highest BCUT2D eigenvalue weighted by Gasteiger charge is 2.33. The van der Waals surface area contributed by atoms with Crippen LogP contribution in [0.25, 0.3) is 0 Å². The molecule has 2 aromatic rings. The molecule has 1 saturated carbocycles. The van der Waals surface area contributed by atoms with Gasteiger partial charge >= 0.3 is 0 Å². The molecule has 0 radical (unpaired) electrons. The van der Waals surface area contributed by atoms with E-state index >= 15 is 0 Å². The molecule has 4 bridgehead atoms. The van der Waals surface area contributed by atoms with Crippen molar-refractivity contribution in [2.45, 2.75) is 136 Å². The third kappa shape index (κ3) is 8.07. The number of hydrogen-bond donors (Lipinski definition) is 2. The molecule has 6 nitrogen and oxygen atoms in total. The quantitative estimate of drug-likeness (QED) is 0.333. The van der Waals surface area contributed by atoms with Crippen LogP contribution in [-0.4, -0.2) is 70.7 Å². The molecule has 4 rings (SSSR count). The molecule has 0 amide bonds. The summed E-state index contributed by atoms with van der Waals surface area (Å²) in [5.74, 6) is 0.660. The molecule has 4 atom stereocenters. The molecule has 43 heavy (non-hydrogen) atoms. The molecule has 0 saturated heterocycles. The predicted molar refractivity (Wildman–Crippen MR) is 181 cm³/mol. The molecule has 1 heterocycles. The van der Waals surface area contributed by atoms with Gasteiger partial charge in [0.2, 0.25) is 0 Å². The molecule has 236 valence electrons. The first-order chi connectivity index (χ1) is 20.0. The summed E-state index contributed by atoms with van der Waals surface area (Å²) in [6.45, 7) is 18.9. The van der Waals surface area contributed by atoms with Crippen LogP contribution in [0.3, 0.4) is 0 Å². The second kappa shape index (κ2) is 13.1. The number of rotatable bonds is 0. The van der Waals surface area contributed by atoms with E-state index in [9.17, 15) is 10.2 Å². The van der Waals surface area contributed by atoms with Crippen molar-refractivity contribution in [1.29, 1.82) is 0 Å². The summed E-state index contributed by atoms with van der Waals surface area (Å²) in [5.41, 5.74) is 5.77. The van der Waals surface area contributed by atoms with Crippen LogP contribution in [0.15, 0.2) is 34.3 Å². The van der Waals surface area contributed by atoms with Crippen molar-refractivity contribution < 1.29 is 10.2 Å². The molecule has 4 unspecified atom stereocenters. The summed E-state index contributed by atoms with van der Waals surface area (Å²) in [7, 11) is 4.40. The number of aromatic hydroxyl groups is 2. The normalized spacial score (nSPS) is 25.1. The number of likely N-dealkylation sites (N-methyl/N-ethyl adjacent to an activating group) is 2. The van der Waals surface area contributed by atoms with Gasteiger partial charge in [-0.1, -0.05) is 66.5 Å². The molecule has 1 aliphatic heterocycles. The maximum Gasteiger partial charge on any atom is 0.128 e. The Labute approximate surface area is 260 Å². The minimum absolute atomic E-state index is 0.0276. The topological polar surface area (TPSA) is 71.7 Å². The molecule has 2 aromatic carbocycles.